The van der Waals surface area contributed by atoms with E-state index in [0.717, 1.165) is 50.9 Å². The number of fused-ring (bicyclic) bond motifs is 2. The lowest BCUT2D eigenvalue weighted by Gasteiger charge is -2.55. The molecule has 3 aliphatic carbocycles. The number of hydrogen-bond donors (Lipinski definition) is 2. The number of benzene rings is 1. The Hall–Kier alpha value is -1.35. The Morgan fingerprint density at radius 1 is 1.11 bits per heavy atom. The number of hydrogen-bond acceptors (Lipinski definition) is 2. The molecule has 4 unspecified atom stereocenters. The molecule has 2 bridgehead atoms. The number of carbonyl (C=O) groups is 1. The Kier molecular flexibility index (Phi) is 5.57. The summed E-state index contributed by atoms with van der Waals surface area (Å²) in [7, 11) is 0. The van der Waals surface area contributed by atoms with Gasteiger partial charge in [-0.1, -0.05) is 44.2 Å². The zero-order chi connectivity index (χ0) is 19.8. The van der Waals surface area contributed by atoms with E-state index in [-0.39, 0.29) is 10.8 Å². The minimum atomic E-state index is -0.215. The molecule has 4 atom stereocenters. The first-order chi connectivity index (χ1) is 13.5. The molecule has 1 aromatic carbocycles. The number of nitrogens with one attached hydrogen (secondary N) is 1. The lowest BCUT2D eigenvalue weighted by molar-refractivity contribution is -0.139. The van der Waals surface area contributed by atoms with Gasteiger partial charge in [-0.15, -0.1) is 0 Å². The van der Waals surface area contributed by atoms with Gasteiger partial charge in [0.2, 0.25) is 5.91 Å². The van der Waals surface area contributed by atoms with Crippen LogP contribution in [-0.4, -0.2) is 18.0 Å². The second-order valence-electron chi connectivity index (χ2n) is 10.2. The minimum absolute atomic E-state index is 0.180. The van der Waals surface area contributed by atoms with Crippen molar-refractivity contribution in [2.75, 3.05) is 0 Å². The summed E-state index contributed by atoms with van der Waals surface area (Å²) in [5.74, 6) is 1.71. The molecule has 3 fully saturated rings. The van der Waals surface area contributed by atoms with Gasteiger partial charge >= 0.3 is 0 Å². The van der Waals surface area contributed by atoms with Gasteiger partial charge in [0.05, 0.1) is 5.41 Å². The lowest BCUT2D eigenvalue weighted by Crippen LogP contribution is -2.55. The molecule has 3 nitrogen and oxygen atoms in total. The Balaban J connectivity index is 1.60. The first-order valence-corrected chi connectivity index (χ1v) is 11.6. The molecule has 1 amide bonds. The summed E-state index contributed by atoms with van der Waals surface area (Å²) >= 11 is 0. The van der Waals surface area contributed by atoms with Crippen LogP contribution in [0.15, 0.2) is 30.3 Å². The maximum Gasteiger partial charge on any atom is 0.226 e. The van der Waals surface area contributed by atoms with E-state index >= 15 is 0 Å². The van der Waals surface area contributed by atoms with Crippen molar-refractivity contribution in [2.24, 2.45) is 23.0 Å². The summed E-state index contributed by atoms with van der Waals surface area (Å²) in [5.41, 5.74) is 7.49. The minimum Gasteiger partial charge on any atom is -0.353 e. The average Bonchev–Trinajstić information content (AvgIpc) is 2.73. The van der Waals surface area contributed by atoms with Crippen molar-refractivity contribution in [1.29, 1.82) is 0 Å². The molecule has 0 spiro atoms. The molecule has 1 aromatic rings. The SMILES string of the molecule is CCC1(C(=O)N[C@H]2CC[C@H](N)CC2)CC2CC(c3ccccc3)(CCC2C)C1. The van der Waals surface area contributed by atoms with E-state index < -0.39 is 0 Å². The van der Waals surface area contributed by atoms with Gasteiger partial charge in [-0.05, 0) is 87.0 Å². The Morgan fingerprint density at radius 2 is 1.82 bits per heavy atom. The van der Waals surface area contributed by atoms with Gasteiger partial charge in [-0.2, -0.15) is 0 Å². The average molecular weight is 383 g/mol. The molecule has 3 saturated carbocycles. The van der Waals surface area contributed by atoms with Crippen LogP contribution in [0.5, 0.6) is 0 Å². The van der Waals surface area contributed by atoms with Crippen molar-refractivity contribution in [3.8, 4) is 0 Å². The molecule has 0 saturated heterocycles. The van der Waals surface area contributed by atoms with Gasteiger partial charge in [0.15, 0.2) is 0 Å². The van der Waals surface area contributed by atoms with Crippen molar-refractivity contribution in [2.45, 2.75) is 95.6 Å². The van der Waals surface area contributed by atoms with Crippen LogP contribution in [0.2, 0.25) is 0 Å². The predicted molar refractivity (Wildman–Crippen MR) is 115 cm³/mol. The van der Waals surface area contributed by atoms with E-state index in [1.807, 2.05) is 0 Å². The third-order valence-corrected chi connectivity index (χ3v) is 8.52. The largest absolute Gasteiger partial charge is 0.353 e. The molecule has 3 N–H and O–H groups in total. The molecule has 4 rings (SSSR count). The van der Waals surface area contributed by atoms with Crippen molar-refractivity contribution in [3.63, 3.8) is 0 Å². The van der Waals surface area contributed by atoms with Crippen molar-refractivity contribution < 1.29 is 4.79 Å². The van der Waals surface area contributed by atoms with E-state index in [2.05, 4.69) is 49.5 Å². The standard InChI is InChI=1S/C25H38N2O/c1-3-24(23(28)27-22-11-9-21(26)10-12-22)15-19-16-25(17-24,14-13-18(19)2)20-7-5-4-6-8-20/h4-8,18-19,21-22H,3,9-17,26H2,1-2H3,(H,27,28)/t18?,19?,21-,22-,24?,25?. The van der Waals surface area contributed by atoms with Gasteiger partial charge in [-0.3, -0.25) is 4.79 Å². The van der Waals surface area contributed by atoms with Gasteiger partial charge in [0, 0.05) is 12.1 Å². The second kappa shape index (κ2) is 7.82. The van der Waals surface area contributed by atoms with Gasteiger partial charge in [0.1, 0.15) is 0 Å². The number of nitrogens with two attached hydrogens (primary N) is 1. The summed E-state index contributed by atoms with van der Waals surface area (Å²) in [4.78, 5) is 13.7. The van der Waals surface area contributed by atoms with E-state index in [1.54, 1.807) is 0 Å². The first-order valence-electron chi connectivity index (χ1n) is 11.6. The molecule has 28 heavy (non-hydrogen) atoms. The zero-order valence-electron chi connectivity index (χ0n) is 17.8. The predicted octanol–water partition coefficient (Wildman–Crippen LogP) is 4.94. The van der Waals surface area contributed by atoms with Crippen LogP contribution in [0.1, 0.15) is 83.6 Å². The van der Waals surface area contributed by atoms with Crippen molar-refractivity contribution >= 4 is 5.91 Å². The summed E-state index contributed by atoms with van der Waals surface area (Å²) in [5, 5.41) is 3.48. The second-order valence-corrected chi connectivity index (χ2v) is 10.2. The third-order valence-electron chi connectivity index (χ3n) is 8.52. The topological polar surface area (TPSA) is 55.1 Å². The fourth-order valence-electron chi connectivity index (χ4n) is 6.56. The van der Waals surface area contributed by atoms with Crippen molar-refractivity contribution in [1.82, 2.24) is 5.32 Å². The first kappa shape index (κ1) is 19.9. The molecule has 0 aliphatic heterocycles. The number of amides is 1. The summed E-state index contributed by atoms with van der Waals surface area (Å²) in [6.07, 6.45) is 11.0. The molecule has 154 valence electrons. The normalized spacial score (nSPS) is 40.7. The maximum absolute atomic E-state index is 13.7. The fourth-order valence-corrected chi connectivity index (χ4v) is 6.56. The summed E-state index contributed by atoms with van der Waals surface area (Å²) < 4.78 is 0. The zero-order valence-corrected chi connectivity index (χ0v) is 17.8. The summed E-state index contributed by atoms with van der Waals surface area (Å²) in [6.45, 7) is 4.65. The van der Waals surface area contributed by atoms with E-state index in [4.69, 9.17) is 5.73 Å². The number of rotatable bonds is 4. The highest BCUT2D eigenvalue weighted by Gasteiger charge is 2.54. The fraction of sp³-hybridized carbons (Fsp3) is 0.720. The molecule has 3 aliphatic rings. The van der Waals surface area contributed by atoms with Crippen LogP contribution >= 0.6 is 0 Å². The van der Waals surface area contributed by atoms with Crippen LogP contribution in [0.4, 0.5) is 0 Å². The highest BCUT2D eigenvalue weighted by atomic mass is 16.2. The monoisotopic (exact) mass is 382 g/mol. The maximum atomic E-state index is 13.7. The van der Waals surface area contributed by atoms with Crippen LogP contribution < -0.4 is 11.1 Å². The quantitative estimate of drug-likeness (QED) is 0.775. The smallest absolute Gasteiger partial charge is 0.226 e. The van der Waals surface area contributed by atoms with Gasteiger partial charge < -0.3 is 11.1 Å². The van der Waals surface area contributed by atoms with Gasteiger partial charge in [0.25, 0.3) is 0 Å². The molecule has 0 aromatic heterocycles. The number of carbonyl (C=O) groups excluding carboxylic acids is 1. The molecule has 0 radical (unpaired) electrons. The van der Waals surface area contributed by atoms with E-state index in [1.165, 1.54) is 24.8 Å². The van der Waals surface area contributed by atoms with Crippen molar-refractivity contribution in [3.05, 3.63) is 35.9 Å². The third kappa shape index (κ3) is 3.63. The Bertz CT molecular complexity index is 681. The highest BCUT2D eigenvalue weighted by molar-refractivity contribution is 5.83. The van der Waals surface area contributed by atoms with Crippen LogP contribution in [0.3, 0.4) is 0 Å². The molecule has 3 heteroatoms. The van der Waals surface area contributed by atoms with E-state index in [9.17, 15) is 4.79 Å². The molecular weight excluding hydrogens is 344 g/mol. The van der Waals surface area contributed by atoms with Gasteiger partial charge in [-0.25, -0.2) is 0 Å². The molecular formula is C25H38N2O. The van der Waals surface area contributed by atoms with Crippen LogP contribution in [0, 0.1) is 17.3 Å². The lowest BCUT2D eigenvalue weighted by atomic mass is 9.49. The summed E-state index contributed by atoms with van der Waals surface area (Å²) in [6, 6.07) is 11.7. The highest BCUT2D eigenvalue weighted by Crippen LogP contribution is 2.59. The van der Waals surface area contributed by atoms with E-state index in [0.29, 0.717) is 23.9 Å². The Labute approximate surface area is 170 Å². The Morgan fingerprint density at radius 3 is 2.50 bits per heavy atom. The molecule has 0 heterocycles. The van der Waals surface area contributed by atoms with Crippen LogP contribution in [0.25, 0.3) is 0 Å². The van der Waals surface area contributed by atoms with Crippen LogP contribution in [-0.2, 0) is 10.2 Å².